The van der Waals surface area contributed by atoms with Crippen molar-refractivity contribution in [2.75, 3.05) is 30.4 Å². The number of nitrogens with zero attached hydrogens (tertiary/aromatic N) is 3. The Morgan fingerprint density at radius 2 is 2.17 bits per heavy atom. The van der Waals surface area contributed by atoms with E-state index < -0.39 is 0 Å². The largest absolute Gasteiger partial charge is 0.357 e. The summed E-state index contributed by atoms with van der Waals surface area (Å²) in [5.41, 5.74) is 0.254. The lowest BCUT2D eigenvalue weighted by atomic mass is 9.80. The van der Waals surface area contributed by atoms with E-state index in [1.54, 1.807) is 7.05 Å². The smallest absolute Gasteiger partial charge is 0.224 e. The van der Waals surface area contributed by atoms with Crippen LogP contribution < -0.4 is 10.2 Å². The van der Waals surface area contributed by atoms with E-state index >= 15 is 0 Å². The van der Waals surface area contributed by atoms with Crippen LogP contribution in [-0.4, -0.2) is 30.1 Å². The van der Waals surface area contributed by atoms with Gasteiger partial charge in [-0.15, -0.1) is 0 Å². The van der Waals surface area contributed by atoms with E-state index in [-0.39, 0.29) is 11.2 Å². The van der Waals surface area contributed by atoms with Gasteiger partial charge in [0.15, 0.2) is 11.6 Å². The fraction of sp³-hybridized carbons (Fsp3) is 0.692. The van der Waals surface area contributed by atoms with Crippen molar-refractivity contribution in [3.63, 3.8) is 0 Å². The van der Waals surface area contributed by atoms with Gasteiger partial charge in [-0.25, -0.2) is 9.37 Å². The molecule has 1 N–H and O–H groups in total. The molecular formula is C13H21FN4. The van der Waals surface area contributed by atoms with Gasteiger partial charge in [-0.05, 0) is 17.8 Å². The molecule has 2 heterocycles. The standard InChI is InChI=1S/C13H21FN4/c1-13(2,3)9-5-6-18(8-9)11-10(14)7-16-12(15-4)17-11/h7,9H,5-6,8H2,1-4H3,(H,15,16,17). The van der Waals surface area contributed by atoms with Gasteiger partial charge in [0, 0.05) is 20.1 Å². The number of anilines is 2. The molecule has 2 rings (SSSR count). The summed E-state index contributed by atoms with van der Waals surface area (Å²) < 4.78 is 13.8. The maximum Gasteiger partial charge on any atom is 0.224 e. The Morgan fingerprint density at radius 1 is 1.44 bits per heavy atom. The first-order valence-corrected chi connectivity index (χ1v) is 6.37. The van der Waals surface area contributed by atoms with Crippen molar-refractivity contribution >= 4 is 11.8 Å². The lowest BCUT2D eigenvalue weighted by molar-refractivity contribution is 0.263. The molecule has 1 aliphatic rings. The summed E-state index contributed by atoms with van der Waals surface area (Å²) in [7, 11) is 1.74. The van der Waals surface area contributed by atoms with E-state index in [1.165, 1.54) is 6.20 Å². The third kappa shape index (κ3) is 2.54. The number of hydrogen-bond acceptors (Lipinski definition) is 4. The quantitative estimate of drug-likeness (QED) is 0.878. The summed E-state index contributed by atoms with van der Waals surface area (Å²) in [6.45, 7) is 8.42. The second-order valence-electron chi connectivity index (χ2n) is 5.91. The van der Waals surface area contributed by atoms with Crippen molar-refractivity contribution < 1.29 is 4.39 Å². The highest BCUT2D eigenvalue weighted by Crippen LogP contribution is 2.35. The average Bonchev–Trinajstić information content (AvgIpc) is 2.78. The van der Waals surface area contributed by atoms with Gasteiger partial charge in [-0.1, -0.05) is 20.8 Å². The van der Waals surface area contributed by atoms with Gasteiger partial charge in [0.1, 0.15) is 0 Å². The molecule has 1 fully saturated rings. The van der Waals surface area contributed by atoms with Gasteiger partial charge >= 0.3 is 0 Å². The van der Waals surface area contributed by atoms with Crippen molar-refractivity contribution in [1.82, 2.24) is 9.97 Å². The van der Waals surface area contributed by atoms with E-state index in [9.17, 15) is 4.39 Å². The molecule has 1 aromatic rings. The highest BCUT2D eigenvalue weighted by atomic mass is 19.1. The summed E-state index contributed by atoms with van der Waals surface area (Å²) in [6.07, 6.45) is 2.32. The summed E-state index contributed by atoms with van der Waals surface area (Å²) in [5.74, 6) is 1.11. The van der Waals surface area contributed by atoms with Crippen LogP contribution in [0.3, 0.4) is 0 Å². The van der Waals surface area contributed by atoms with Gasteiger partial charge in [-0.3, -0.25) is 0 Å². The molecule has 0 spiro atoms. The number of nitrogens with one attached hydrogen (secondary N) is 1. The molecule has 0 aliphatic carbocycles. The number of halogens is 1. The minimum absolute atomic E-state index is 0.254. The Morgan fingerprint density at radius 3 is 2.72 bits per heavy atom. The van der Waals surface area contributed by atoms with Crippen LogP contribution in [-0.2, 0) is 0 Å². The van der Waals surface area contributed by atoms with Crippen LogP contribution in [0.5, 0.6) is 0 Å². The van der Waals surface area contributed by atoms with Crippen molar-refractivity contribution in [1.29, 1.82) is 0 Å². The van der Waals surface area contributed by atoms with Crippen molar-refractivity contribution in [3.8, 4) is 0 Å². The van der Waals surface area contributed by atoms with Gasteiger partial charge < -0.3 is 10.2 Å². The van der Waals surface area contributed by atoms with Crippen LogP contribution in [0, 0.1) is 17.2 Å². The minimum Gasteiger partial charge on any atom is -0.357 e. The van der Waals surface area contributed by atoms with Gasteiger partial charge in [0.2, 0.25) is 5.95 Å². The lowest BCUT2D eigenvalue weighted by Crippen LogP contribution is -2.27. The zero-order valence-electron chi connectivity index (χ0n) is 11.5. The van der Waals surface area contributed by atoms with Crippen LogP contribution in [0.15, 0.2) is 6.20 Å². The zero-order valence-corrected chi connectivity index (χ0v) is 11.5. The summed E-state index contributed by atoms with van der Waals surface area (Å²) in [5, 5.41) is 2.84. The Labute approximate surface area is 108 Å². The number of rotatable bonds is 2. The summed E-state index contributed by atoms with van der Waals surface area (Å²) >= 11 is 0. The molecule has 4 nitrogen and oxygen atoms in total. The zero-order chi connectivity index (χ0) is 13.3. The van der Waals surface area contributed by atoms with Crippen LogP contribution >= 0.6 is 0 Å². The van der Waals surface area contributed by atoms with E-state index in [0.29, 0.717) is 17.7 Å². The molecule has 0 saturated carbocycles. The first-order chi connectivity index (χ1) is 8.41. The molecule has 1 aliphatic heterocycles. The average molecular weight is 252 g/mol. The molecule has 0 radical (unpaired) electrons. The summed E-state index contributed by atoms with van der Waals surface area (Å²) in [4.78, 5) is 10.1. The monoisotopic (exact) mass is 252 g/mol. The lowest BCUT2D eigenvalue weighted by Gasteiger charge is -2.27. The molecule has 5 heteroatoms. The molecular weight excluding hydrogens is 231 g/mol. The Bertz CT molecular complexity index is 427. The second-order valence-corrected chi connectivity index (χ2v) is 5.91. The Hall–Kier alpha value is -1.39. The Balaban J connectivity index is 2.19. The van der Waals surface area contributed by atoms with Crippen LogP contribution in [0.1, 0.15) is 27.2 Å². The van der Waals surface area contributed by atoms with Crippen molar-refractivity contribution in [3.05, 3.63) is 12.0 Å². The van der Waals surface area contributed by atoms with E-state index in [1.807, 2.05) is 4.90 Å². The van der Waals surface area contributed by atoms with Crippen LogP contribution in [0.4, 0.5) is 16.2 Å². The van der Waals surface area contributed by atoms with Gasteiger partial charge in [-0.2, -0.15) is 4.98 Å². The minimum atomic E-state index is -0.344. The Kier molecular flexibility index (Phi) is 3.41. The van der Waals surface area contributed by atoms with Crippen LogP contribution in [0.2, 0.25) is 0 Å². The van der Waals surface area contributed by atoms with E-state index in [4.69, 9.17) is 0 Å². The predicted molar refractivity (Wildman–Crippen MR) is 71.3 cm³/mol. The third-order valence-electron chi connectivity index (χ3n) is 3.66. The highest BCUT2D eigenvalue weighted by molar-refractivity contribution is 5.44. The normalized spacial score (nSPS) is 20.3. The van der Waals surface area contributed by atoms with E-state index in [2.05, 4.69) is 36.1 Å². The molecule has 100 valence electrons. The van der Waals surface area contributed by atoms with Gasteiger partial charge in [0.25, 0.3) is 0 Å². The predicted octanol–water partition coefficient (Wildman–Crippen LogP) is 2.53. The maximum absolute atomic E-state index is 13.8. The number of aromatic nitrogens is 2. The van der Waals surface area contributed by atoms with Crippen LogP contribution in [0.25, 0.3) is 0 Å². The summed E-state index contributed by atoms with van der Waals surface area (Å²) in [6, 6.07) is 0. The molecule has 1 saturated heterocycles. The molecule has 1 unspecified atom stereocenters. The second kappa shape index (κ2) is 4.71. The first-order valence-electron chi connectivity index (χ1n) is 6.37. The highest BCUT2D eigenvalue weighted by Gasteiger charge is 2.33. The molecule has 0 aromatic carbocycles. The van der Waals surface area contributed by atoms with Crippen molar-refractivity contribution in [2.45, 2.75) is 27.2 Å². The fourth-order valence-corrected chi connectivity index (χ4v) is 2.36. The fourth-order valence-electron chi connectivity index (χ4n) is 2.36. The molecule has 0 bridgehead atoms. The molecule has 1 atom stereocenters. The third-order valence-corrected chi connectivity index (χ3v) is 3.66. The van der Waals surface area contributed by atoms with Crippen molar-refractivity contribution in [2.24, 2.45) is 11.3 Å². The van der Waals surface area contributed by atoms with E-state index in [0.717, 1.165) is 19.5 Å². The molecule has 0 amide bonds. The van der Waals surface area contributed by atoms with Gasteiger partial charge in [0.05, 0.1) is 6.20 Å². The topological polar surface area (TPSA) is 41.1 Å². The molecule has 18 heavy (non-hydrogen) atoms. The first kappa shape index (κ1) is 13.1. The SMILES string of the molecule is CNc1ncc(F)c(N2CCC(C(C)(C)C)C2)n1. The molecule has 1 aromatic heterocycles. The maximum atomic E-state index is 13.8. The number of hydrogen-bond donors (Lipinski definition) is 1.